The van der Waals surface area contributed by atoms with E-state index in [9.17, 15) is 4.79 Å². The van der Waals surface area contributed by atoms with Gasteiger partial charge in [-0.2, -0.15) is 0 Å². The van der Waals surface area contributed by atoms with E-state index < -0.39 is 0 Å². The number of methoxy groups -OCH3 is 1. The summed E-state index contributed by atoms with van der Waals surface area (Å²) >= 11 is 6.04. The van der Waals surface area contributed by atoms with Crippen LogP contribution >= 0.6 is 11.6 Å². The Hall–Kier alpha value is -3.29. The Morgan fingerprint density at radius 2 is 1.74 bits per heavy atom. The van der Waals surface area contributed by atoms with E-state index in [1.54, 1.807) is 18.0 Å². The molecular weight excluding hydrogens is 414 g/mol. The number of rotatable bonds is 6. The molecule has 2 aromatic carbocycles. The highest BCUT2D eigenvalue weighted by Crippen LogP contribution is 2.26. The molecule has 0 saturated carbocycles. The number of hydrogen-bond acceptors (Lipinski definition) is 5. The maximum absolute atomic E-state index is 13.4. The van der Waals surface area contributed by atoms with Crippen LogP contribution in [0.1, 0.15) is 12.0 Å². The van der Waals surface area contributed by atoms with Gasteiger partial charge in [-0.25, -0.2) is 15.0 Å². The third-order valence-electron chi connectivity index (χ3n) is 5.32. The normalized spacial score (nSPS) is 11.7. The summed E-state index contributed by atoms with van der Waals surface area (Å²) in [5.41, 5.74) is 4.22. The maximum Gasteiger partial charge on any atom is 0.265 e. The minimum absolute atomic E-state index is 0.120. The number of nitrogens with zero attached hydrogens (tertiary/aromatic N) is 5. The minimum atomic E-state index is -0.120. The Bertz CT molecular complexity index is 1460. The molecule has 0 bridgehead atoms. The van der Waals surface area contributed by atoms with E-state index >= 15 is 0 Å². The second-order valence-electron chi connectivity index (χ2n) is 7.39. The third kappa shape index (κ3) is 3.56. The summed E-state index contributed by atoms with van der Waals surface area (Å²) in [6, 6.07) is 15.3. The van der Waals surface area contributed by atoms with Gasteiger partial charge in [-0.05, 0) is 36.2 Å². The summed E-state index contributed by atoms with van der Waals surface area (Å²) in [4.78, 5) is 27.6. The van der Waals surface area contributed by atoms with Gasteiger partial charge in [-0.3, -0.25) is 9.36 Å². The van der Waals surface area contributed by atoms with E-state index in [-0.39, 0.29) is 5.56 Å². The molecule has 8 heteroatoms. The molecule has 0 aliphatic heterocycles. The molecule has 0 radical (unpaired) electrons. The zero-order valence-electron chi connectivity index (χ0n) is 17.0. The molecule has 0 saturated heterocycles. The molecule has 31 heavy (non-hydrogen) atoms. The standard InChI is InChI=1S/C23H20ClN5O2/c1-31-12-4-11-28-14-25-21-19(23(28)30)20-22(27-18-6-3-2-5-17(18)26-20)29(21)13-15-7-9-16(24)10-8-15/h2-3,5-10,14H,4,11-13H2,1H3. The molecule has 0 fully saturated rings. The number of fused-ring (bicyclic) bond motifs is 4. The minimum Gasteiger partial charge on any atom is -0.385 e. The Balaban J connectivity index is 1.76. The van der Waals surface area contributed by atoms with E-state index in [0.29, 0.717) is 46.9 Å². The van der Waals surface area contributed by atoms with Gasteiger partial charge in [0.2, 0.25) is 0 Å². The van der Waals surface area contributed by atoms with Crippen molar-refractivity contribution < 1.29 is 4.74 Å². The van der Waals surface area contributed by atoms with E-state index in [4.69, 9.17) is 26.3 Å². The van der Waals surface area contributed by atoms with Crippen molar-refractivity contribution in [2.75, 3.05) is 13.7 Å². The lowest BCUT2D eigenvalue weighted by atomic mass is 10.2. The molecule has 0 aliphatic rings. The van der Waals surface area contributed by atoms with E-state index in [1.165, 1.54) is 0 Å². The first kappa shape index (κ1) is 19.7. The fourth-order valence-corrected chi connectivity index (χ4v) is 3.93. The monoisotopic (exact) mass is 433 g/mol. The molecular formula is C23H20ClN5O2. The van der Waals surface area contributed by atoms with Crippen LogP contribution in [-0.2, 0) is 17.8 Å². The highest BCUT2D eigenvalue weighted by Gasteiger charge is 2.20. The molecule has 5 rings (SSSR count). The highest BCUT2D eigenvalue weighted by atomic mass is 35.5. The average Bonchev–Trinajstić information content (AvgIpc) is 3.08. The second-order valence-corrected chi connectivity index (χ2v) is 7.82. The maximum atomic E-state index is 13.4. The van der Waals surface area contributed by atoms with E-state index in [2.05, 4.69) is 4.98 Å². The van der Waals surface area contributed by atoms with Crippen LogP contribution in [0.25, 0.3) is 33.2 Å². The van der Waals surface area contributed by atoms with Crippen molar-refractivity contribution >= 4 is 44.8 Å². The molecule has 0 amide bonds. The molecule has 7 nitrogen and oxygen atoms in total. The lowest BCUT2D eigenvalue weighted by molar-refractivity contribution is 0.190. The van der Waals surface area contributed by atoms with Crippen molar-refractivity contribution in [3.05, 3.63) is 75.8 Å². The summed E-state index contributed by atoms with van der Waals surface area (Å²) in [5.74, 6) is 0. The van der Waals surface area contributed by atoms with Gasteiger partial charge in [-0.15, -0.1) is 0 Å². The number of halogens is 1. The van der Waals surface area contributed by atoms with Crippen LogP contribution in [0.5, 0.6) is 0 Å². The Morgan fingerprint density at radius 1 is 1.00 bits per heavy atom. The summed E-state index contributed by atoms with van der Waals surface area (Å²) in [6.07, 6.45) is 2.32. The first-order chi connectivity index (χ1) is 15.2. The summed E-state index contributed by atoms with van der Waals surface area (Å²) in [6.45, 7) is 1.61. The predicted octanol–water partition coefficient (Wildman–Crippen LogP) is 4.03. The zero-order chi connectivity index (χ0) is 21.4. The van der Waals surface area contributed by atoms with Gasteiger partial charge in [-0.1, -0.05) is 35.9 Å². The fraction of sp³-hybridized carbons (Fsp3) is 0.217. The Kier molecular flexibility index (Phi) is 5.13. The van der Waals surface area contributed by atoms with Gasteiger partial charge in [0.25, 0.3) is 5.56 Å². The summed E-state index contributed by atoms with van der Waals surface area (Å²) in [5, 5.41) is 1.16. The summed E-state index contributed by atoms with van der Waals surface area (Å²) < 4.78 is 8.68. The van der Waals surface area contributed by atoms with Crippen molar-refractivity contribution in [3.8, 4) is 0 Å². The smallest absolute Gasteiger partial charge is 0.265 e. The Labute approximate surface area is 182 Å². The van der Waals surface area contributed by atoms with Gasteiger partial charge in [0.15, 0.2) is 11.3 Å². The molecule has 0 unspecified atom stereocenters. The van der Waals surface area contributed by atoms with Crippen LogP contribution in [0, 0.1) is 0 Å². The van der Waals surface area contributed by atoms with Crippen LogP contribution in [-0.4, -0.2) is 37.8 Å². The molecule has 0 atom stereocenters. The summed E-state index contributed by atoms with van der Waals surface area (Å²) in [7, 11) is 1.65. The van der Waals surface area contributed by atoms with Gasteiger partial charge in [0, 0.05) is 25.3 Å². The average molecular weight is 434 g/mol. The first-order valence-electron chi connectivity index (χ1n) is 10.0. The number of hydrogen-bond donors (Lipinski definition) is 0. The van der Waals surface area contributed by atoms with Crippen molar-refractivity contribution in [2.45, 2.75) is 19.5 Å². The SMILES string of the molecule is COCCCn1cnc2c(c1=O)c1nc3ccccc3nc1n2Cc1ccc(Cl)cc1. The van der Waals surface area contributed by atoms with Gasteiger partial charge in [0.05, 0.1) is 23.9 Å². The lowest BCUT2D eigenvalue weighted by Gasteiger charge is -2.08. The van der Waals surface area contributed by atoms with E-state index in [0.717, 1.165) is 23.0 Å². The molecule has 156 valence electrons. The zero-order valence-corrected chi connectivity index (χ0v) is 17.7. The Morgan fingerprint density at radius 3 is 2.48 bits per heavy atom. The molecule has 0 aliphatic carbocycles. The van der Waals surface area contributed by atoms with Crippen molar-refractivity contribution in [2.24, 2.45) is 0 Å². The number of benzene rings is 2. The van der Waals surface area contributed by atoms with Crippen LogP contribution < -0.4 is 5.56 Å². The van der Waals surface area contributed by atoms with Crippen LogP contribution in [0.3, 0.4) is 0 Å². The number of aromatic nitrogens is 5. The van der Waals surface area contributed by atoms with E-state index in [1.807, 2.05) is 53.1 Å². The molecule has 0 N–H and O–H groups in total. The van der Waals surface area contributed by atoms with Crippen molar-refractivity contribution in [1.29, 1.82) is 0 Å². The van der Waals surface area contributed by atoms with Gasteiger partial charge >= 0.3 is 0 Å². The molecule has 5 aromatic rings. The number of para-hydroxylation sites is 2. The molecule has 0 spiro atoms. The van der Waals surface area contributed by atoms with Crippen LogP contribution in [0.2, 0.25) is 5.02 Å². The topological polar surface area (TPSA) is 74.8 Å². The highest BCUT2D eigenvalue weighted by molar-refractivity contribution is 6.30. The second kappa shape index (κ2) is 8.09. The fourth-order valence-electron chi connectivity index (χ4n) is 3.80. The molecule has 3 aromatic heterocycles. The van der Waals surface area contributed by atoms with Crippen LogP contribution in [0.4, 0.5) is 0 Å². The van der Waals surface area contributed by atoms with Crippen molar-refractivity contribution in [3.63, 3.8) is 0 Å². The van der Waals surface area contributed by atoms with Crippen LogP contribution in [0.15, 0.2) is 59.7 Å². The number of ether oxygens (including phenoxy) is 1. The van der Waals surface area contributed by atoms with Crippen molar-refractivity contribution in [1.82, 2.24) is 24.1 Å². The molecule has 3 heterocycles. The van der Waals surface area contributed by atoms with Gasteiger partial charge in [0.1, 0.15) is 10.9 Å². The largest absolute Gasteiger partial charge is 0.385 e. The lowest BCUT2D eigenvalue weighted by Crippen LogP contribution is -2.21. The quantitative estimate of drug-likeness (QED) is 0.378. The van der Waals surface area contributed by atoms with Gasteiger partial charge < -0.3 is 9.30 Å². The third-order valence-corrected chi connectivity index (χ3v) is 5.57. The predicted molar refractivity (Wildman–Crippen MR) is 122 cm³/mol. The first-order valence-corrected chi connectivity index (χ1v) is 10.4. The number of aryl methyl sites for hydroxylation is 1.